The van der Waals surface area contributed by atoms with E-state index in [1.54, 1.807) is 7.11 Å². The van der Waals surface area contributed by atoms with Gasteiger partial charge in [0.05, 0.1) is 19.5 Å². The van der Waals surface area contributed by atoms with Crippen LogP contribution in [0.15, 0.2) is 24.3 Å². The van der Waals surface area contributed by atoms with Crippen molar-refractivity contribution in [3.8, 4) is 11.5 Å². The van der Waals surface area contributed by atoms with E-state index in [9.17, 15) is 8.42 Å². The maximum absolute atomic E-state index is 10.7. The zero-order valence-corrected chi connectivity index (χ0v) is 11.3. The van der Waals surface area contributed by atoms with Gasteiger partial charge in [0.25, 0.3) is 0 Å². The second-order valence-corrected chi connectivity index (χ2v) is 5.69. The van der Waals surface area contributed by atoms with E-state index in [-0.39, 0.29) is 5.75 Å². The molecule has 0 unspecified atom stereocenters. The van der Waals surface area contributed by atoms with Crippen molar-refractivity contribution >= 4 is 10.0 Å². The molecule has 0 spiro atoms. The predicted octanol–water partition coefficient (Wildman–Crippen LogP) is 1.53. The van der Waals surface area contributed by atoms with Crippen LogP contribution in [0, 0.1) is 0 Å². The first kappa shape index (κ1) is 14.8. The number of unbranched alkanes of at least 4 members (excludes halogenated alkanes) is 2. The lowest BCUT2D eigenvalue weighted by atomic mass is 10.2. The van der Waals surface area contributed by atoms with E-state index in [2.05, 4.69) is 0 Å². The molecule has 0 bridgehead atoms. The molecule has 102 valence electrons. The van der Waals surface area contributed by atoms with Gasteiger partial charge in [0.2, 0.25) is 10.0 Å². The summed E-state index contributed by atoms with van der Waals surface area (Å²) in [7, 11) is -1.73. The molecule has 5 nitrogen and oxygen atoms in total. The van der Waals surface area contributed by atoms with Crippen LogP contribution in [0.1, 0.15) is 19.3 Å². The minimum absolute atomic E-state index is 0.0339. The van der Waals surface area contributed by atoms with Crippen molar-refractivity contribution < 1.29 is 17.9 Å². The Morgan fingerprint density at radius 2 is 1.89 bits per heavy atom. The maximum atomic E-state index is 10.7. The van der Waals surface area contributed by atoms with Crippen LogP contribution in [0.2, 0.25) is 0 Å². The number of hydrogen-bond acceptors (Lipinski definition) is 4. The highest BCUT2D eigenvalue weighted by Gasteiger charge is 2.01. The lowest BCUT2D eigenvalue weighted by molar-refractivity contribution is 0.304. The van der Waals surface area contributed by atoms with Crippen LogP contribution in [-0.4, -0.2) is 27.9 Å². The number of hydrogen-bond donors (Lipinski definition) is 1. The molecule has 0 saturated heterocycles. The molecule has 0 aliphatic rings. The Balaban J connectivity index is 2.18. The summed E-state index contributed by atoms with van der Waals surface area (Å²) >= 11 is 0. The lowest BCUT2D eigenvalue weighted by Gasteiger charge is -2.07. The SMILES string of the molecule is COc1cccc(OCCCCCS(N)(=O)=O)c1. The zero-order chi connectivity index (χ0) is 13.4. The van der Waals surface area contributed by atoms with Gasteiger partial charge in [0.15, 0.2) is 0 Å². The fraction of sp³-hybridized carbons (Fsp3) is 0.500. The van der Waals surface area contributed by atoms with Gasteiger partial charge in [-0.3, -0.25) is 0 Å². The molecule has 0 aliphatic carbocycles. The van der Waals surface area contributed by atoms with E-state index >= 15 is 0 Å². The summed E-state index contributed by atoms with van der Waals surface area (Å²) in [6.45, 7) is 0.553. The molecule has 1 rings (SSSR count). The summed E-state index contributed by atoms with van der Waals surface area (Å²) in [5, 5.41) is 4.90. The standard InChI is InChI=1S/C12H19NO4S/c1-16-11-6-5-7-12(10-11)17-8-3-2-4-9-18(13,14)15/h5-7,10H,2-4,8-9H2,1H3,(H2,13,14,15). The third-order valence-corrected chi connectivity index (χ3v) is 3.24. The topological polar surface area (TPSA) is 78.6 Å². The zero-order valence-electron chi connectivity index (χ0n) is 10.5. The Morgan fingerprint density at radius 3 is 2.56 bits per heavy atom. The van der Waals surface area contributed by atoms with Crippen LogP contribution in [0.3, 0.4) is 0 Å². The van der Waals surface area contributed by atoms with Crippen molar-refractivity contribution in [1.29, 1.82) is 0 Å². The van der Waals surface area contributed by atoms with E-state index in [1.807, 2.05) is 24.3 Å². The summed E-state index contributed by atoms with van der Waals surface area (Å²) in [6, 6.07) is 7.37. The highest BCUT2D eigenvalue weighted by molar-refractivity contribution is 7.89. The third kappa shape index (κ3) is 6.46. The fourth-order valence-corrected chi connectivity index (χ4v) is 2.07. The molecule has 18 heavy (non-hydrogen) atoms. The largest absolute Gasteiger partial charge is 0.497 e. The van der Waals surface area contributed by atoms with Gasteiger partial charge < -0.3 is 9.47 Å². The molecule has 0 aliphatic heterocycles. The van der Waals surface area contributed by atoms with E-state index in [4.69, 9.17) is 14.6 Å². The highest BCUT2D eigenvalue weighted by atomic mass is 32.2. The van der Waals surface area contributed by atoms with Crippen LogP contribution in [0.25, 0.3) is 0 Å². The minimum Gasteiger partial charge on any atom is -0.497 e. The number of sulfonamides is 1. The molecular weight excluding hydrogens is 254 g/mol. The summed E-state index contributed by atoms with van der Waals surface area (Å²) in [5.74, 6) is 1.54. The first-order valence-electron chi connectivity index (χ1n) is 5.78. The molecule has 0 fully saturated rings. The van der Waals surface area contributed by atoms with E-state index in [1.165, 1.54) is 0 Å². The first-order chi connectivity index (χ1) is 8.51. The molecule has 0 aromatic heterocycles. The highest BCUT2D eigenvalue weighted by Crippen LogP contribution is 2.19. The van der Waals surface area contributed by atoms with Crippen LogP contribution >= 0.6 is 0 Å². The Bertz CT molecular complexity index is 459. The quantitative estimate of drug-likeness (QED) is 0.729. The van der Waals surface area contributed by atoms with Crippen LogP contribution < -0.4 is 14.6 Å². The second-order valence-electron chi connectivity index (χ2n) is 3.96. The smallest absolute Gasteiger partial charge is 0.209 e. The fourth-order valence-electron chi connectivity index (χ4n) is 1.46. The number of rotatable bonds is 8. The van der Waals surface area contributed by atoms with Gasteiger partial charge in [-0.1, -0.05) is 6.07 Å². The average Bonchev–Trinajstić information content (AvgIpc) is 2.32. The monoisotopic (exact) mass is 273 g/mol. The number of methoxy groups -OCH3 is 1. The Hall–Kier alpha value is -1.27. The maximum Gasteiger partial charge on any atom is 0.209 e. The van der Waals surface area contributed by atoms with Crippen LogP contribution in [0.5, 0.6) is 11.5 Å². The van der Waals surface area contributed by atoms with Crippen LogP contribution in [0.4, 0.5) is 0 Å². The van der Waals surface area contributed by atoms with Gasteiger partial charge in [0, 0.05) is 6.07 Å². The summed E-state index contributed by atoms with van der Waals surface area (Å²) in [6.07, 6.45) is 2.15. The summed E-state index contributed by atoms with van der Waals surface area (Å²) in [4.78, 5) is 0. The van der Waals surface area contributed by atoms with Crippen molar-refractivity contribution in [2.75, 3.05) is 19.5 Å². The Morgan fingerprint density at radius 1 is 1.17 bits per heavy atom. The lowest BCUT2D eigenvalue weighted by Crippen LogP contribution is -2.16. The van der Waals surface area contributed by atoms with E-state index in [0.717, 1.165) is 24.3 Å². The molecule has 0 saturated carbocycles. The van der Waals surface area contributed by atoms with E-state index < -0.39 is 10.0 Å². The molecule has 2 N–H and O–H groups in total. The molecule has 1 aromatic carbocycles. The van der Waals surface area contributed by atoms with Crippen molar-refractivity contribution in [2.24, 2.45) is 5.14 Å². The molecule has 0 heterocycles. The number of nitrogens with two attached hydrogens (primary N) is 1. The van der Waals surface area contributed by atoms with Crippen molar-refractivity contribution in [2.45, 2.75) is 19.3 Å². The summed E-state index contributed by atoms with van der Waals surface area (Å²) in [5.41, 5.74) is 0. The Labute approximate surface area is 108 Å². The second kappa shape index (κ2) is 7.23. The van der Waals surface area contributed by atoms with Gasteiger partial charge in [-0.15, -0.1) is 0 Å². The van der Waals surface area contributed by atoms with Gasteiger partial charge in [-0.05, 0) is 31.4 Å². The van der Waals surface area contributed by atoms with Crippen LogP contribution in [-0.2, 0) is 10.0 Å². The third-order valence-electron chi connectivity index (χ3n) is 2.38. The number of ether oxygens (including phenoxy) is 2. The van der Waals surface area contributed by atoms with Crippen molar-refractivity contribution in [1.82, 2.24) is 0 Å². The Kier molecular flexibility index (Phi) is 5.94. The molecule has 0 radical (unpaired) electrons. The molecule has 1 aromatic rings. The molecule has 6 heteroatoms. The van der Waals surface area contributed by atoms with Gasteiger partial charge in [-0.2, -0.15) is 0 Å². The first-order valence-corrected chi connectivity index (χ1v) is 7.50. The molecule has 0 atom stereocenters. The average molecular weight is 273 g/mol. The van der Waals surface area contributed by atoms with Gasteiger partial charge in [-0.25, -0.2) is 13.6 Å². The van der Waals surface area contributed by atoms with Gasteiger partial charge in [0.1, 0.15) is 11.5 Å². The number of benzene rings is 1. The van der Waals surface area contributed by atoms with E-state index in [0.29, 0.717) is 13.0 Å². The predicted molar refractivity (Wildman–Crippen MR) is 70.3 cm³/mol. The van der Waals surface area contributed by atoms with Crippen molar-refractivity contribution in [3.63, 3.8) is 0 Å². The minimum atomic E-state index is -3.33. The normalized spacial score (nSPS) is 11.2. The molecule has 0 amide bonds. The van der Waals surface area contributed by atoms with Gasteiger partial charge >= 0.3 is 0 Å². The van der Waals surface area contributed by atoms with Crippen molar-refractivity contribution in [3.05, 3.63) is 24.3 Å². The molecular formula is C12H19NO4S. The number of primary sulfonamides is 1. The summed E-state index contributed by atoms with van der Waals surface area (Å²) < 4.78 is 32.0.